The molecule has 0 aliphatic carbocycles. The summed E-state index contributed by atoms with van der Waals surface area (Å²) >= 11 is 0. The van der Waals surface area contributed by atoms with Crippen LogP contribution in [0.15, 0.2) is 60.7 Å². The average molecular weight is 316 g/mol. The summed E-state index contributed by atoms with van der Waals surface area (Å²) in [4.78, 5) is 2.71. The van der Waals surface area contributed by atoms with E-state index < -0.39 is 0 Å². The molecule has 0 saturated carbocycles. The summed E-state index contributed by atoms with van der Waals surface area (Å²) in [6.07, 6.45) is 5.15. The Labute approximate surface area is 140 Å². The maximum Gasteiger partial charge on any atom is 0.0391 e. The number of rotatable bonds is 4. The van der Waals surface area contributed by atoms with Gasteiger partial charge >= 0.3 is 0 Å². The molecule has 1 saturated heterocycles. The maximum absolute atomic E-state index is 2.71. The molecule has 2 atom stereocenters. The van der Waals surface area contributed by atoms with Crippen LogP contribution in [0, 0.1) is 0 Å². The first kappa shape index (κ1) is 17.1. The molecule has 3 rings (SSSR count). The van der Waals surface area contributed by atoms with Crippen molar-refractivity contribution in [3.05, 3.63) is 71.8 Å². The molecule has 0 bridgehead atoms. The van der Waals surface area contributed by atoms with Crippen LogP contribution in [-0.2, 0) is 6.42 Å². The van der Waals surface area contributed by atoms with Gasteiger partial charge in [-0.05, 0) is 43.9 Å². The summed E-state index contributed by atoms with van der Waals surface area (Å²) in [6.45, 7) is 3.62. The van der Waals surface area contributed by atoms with Crippen LogP contribution in [0.2, 0.25) is 0 Å². The first-order valence-corrected chi connectivity index (χ1v) is 8.19. The molecular weight excluding hydrogens is 290 g/mol. The second-order valence-corrected chi connectivity index (χ2v) is 6.20. The van der Waals surface area contributed by atoms with Crippen LogP contribution in [0.3, 0.4) is 0 Å². The lowest BCUT2D eigenvalue weighted by Crippen LogP contribution is -2.41. The summed E-state index contributed by atoms with van der Waals surface area (Å²) in [6, 6.07) is 23.1. The quantitative estimate of drug-likeness (QED) is 0.743. The van der Waals surface area contributed by atoms with Gasteiger partial charge in [-0.3, -0.25) is 4.90 Å². The van der Waals surface area contributed by atoms with Gasteiger partial charge in [0.15, 0.2) is 0 Å². The molecule has 0 spiro atoms. The molecule has 2 aromatic rings. The number of nitrogens with zero attached hydrogens (tertiary/aromatic N) is 1. The van der Waals surface area contributed by atoms with Gasteiger partial charge in [0.05, 0.1) is 0 Å². The van der Waals surface area contributed by atoms with E-state index in [0.717, 1.165) is 6.42 Å². The molecule has 1 aliphatic heterocycles. The molecular formula is C20H26ClN. The van der Waals surface area contributed by atoms with Gasteiger partial charge in [-0.1, -0.05) is 67.1 Å². The molecule has 0 amide bonds. The molecule has 0 N–H and O–H groups in total. The van der Waals surface area contributed by atoms with Crippen molar-refractivity contribution in [1.29, 1.82) is 0 Å². The number of piperidine rings is 1. The summed E-state index contributed by atoms with van der Waals surface area (Å²) in [7, 11) is 0. The lowest BCUT2D eigenvalue weighted by atomic mass is 9.93. The largest absolute Gasteiger partial charge is 0.293 e. The molecule has 1 fully saturated rings. The lowest BCUT2D eigenvalue weighted by Gasteiger charge is -2.40. The van der Waals surface area contributed by atoms with Crippen molar-refractivity contribution in [2.75, 3.05) is 6.54 Å². The van der Waals surface area contributed by atoms with Crippen LogP contribution in [-0.4, -0.2) is 17.5 Å². The molecule has 0 aromatic heterocycles. The molecule has 118 valence electrons. The van der Waals surface area contributed by atoms with E-state index in [1.165, 1.54) is 36.9 Å². The van der Waals surface area contributed by atoms with Crippen LogP contribution < -0.4 is 0 Å². The van der Waals surface area contributed by atoms with Crippen LogP contribution in [0.4, 0.5) is 0 Å². The van der Waals surface area contributed by atoms with Crippen molar-refractivity contribution in [2.45, 2.75) is 44.7 Å². The first-order chi connectivity index (χ1) is 10.3. The topological polar surface area (TPSA) is 3.24 Å². The predicted octanol–water partition coefficient (Wildman–Crippen LogP) is 5.27. The minimum absolute atomic E-state index is 0. The molecule has 1 aliphatic rings. The van der Waals surface area contributed by atoms with E-state index in [9.17, 15) is 0 Å². The smallest absolute Gasteiger partial charge is 0.0391 e. The average Bonchev–Trinajstić information content (AvgIpc) is 2.55. The monoisotopic (exact) mass is 315 g/mol. The Morgan fingerprint density at radius 3 is 2.23 bits per heavy atom. The van der Waals surface area contributed by atoms with Gasteiger partial charge < -0.3 is 0 Å². The number of likely N-dealkylation sites (tertiary alicyclic amines) is 1. The number of halogens is 1. The van der Waals surface area contributed by atoms with E-state index in [4.69, 9.17) is 0 Å². The fourth-order valence-corrected chi connectivity index (χ4v) is 3.52. The van der Waals surface area contributed by atoms with Gasteiger partial charge in [0.2, 0.25) is 0 Å². The zero-order chi connectivity index (χ0) is 14.5. The Morgan fingerprint density at radius 1 is 0.955 bits per heavy atom. The van der Waals surface area contributed by atoms with Crippen LogP contribution in [0.5, 0.6) is 0 Å². The third-order valence-electron chi connectivity index (χ3n) is 4.71. The van der Waals surface area contributed by atoms with E-state index in [0.29, 0.717) is 12.1 Å². The highest BCUT2D eigenvalue weighted by molar-refractivity contribution is 5.85. The minimum Gasteiger partial charge on any atom is -0.293 e. The van der Waals surface area contributed by atoms with Gasteiger partial charge in [-0.2, -0.15) is 0 Å². The van der Waals surface area contributed by atoms with Gasteiger partial charge in [0.1, 0.15) is 0 Å². The SMILES string of the molecule is CC1CCCCN1C(Cc1ccccc1)c1ccccc1.Cl. The van der Waals surface area contributed by atoms with Crippen LogP contribution in [0.1, 0.15) is 43.4 Å². The first-order valence-electron chi connectivity index (χ1n) is 8.19. The van der Waals surface area contributed by atoms with Crippen molar-refractivity contribution < 1.29 is 0 Å². The van der Waals surface area contributed by atoms with E-state index in [1.54, 1.807) is 0 Å². The van der Waals surface area contributed by atoms with Crippen molar-refractivity contribution in [1.82, 2.24) is 4.90 Å². The molecule has 0 radical (unpaired) electrons. The molecule has 2 unspecified atom stereocenters. The Kier molecular flexibility index (Phi) is 6.48. The minimum atomic E-state index is 0. The Bertz CT molecular complexity index is 540. The van der Waals surface area contributed by atoms with E-state index in [2.05, 4.69) is 72.5 Å². The van der Waals surface area contributed by atoms with E-state index in [-0.39, 0.29) is 12.4 Å². The molecule has 1 heterocycles. The highest BCUT2D eigenvalue weighted by Gasteiger charge is 2.27. The van der Waals surface area contributed by atoms with Gasteiger partial charge in [0.25, 0.3) is 0 Å². The highest BCUT2D eigenvalue weighted by atomic mass is 35.5. The zero-order valence-electron chi connectivity index (χ0n) is 13.3. The Morgan fingerprint density at radius 2 is 1.59 bits per heavy atom. The lowest BCUT2D eigenvalue weighted by molar-refractivity contribution is 0.104. The van der Waals surface area contributed by atoms with Crippen LogP contribution in [0.25, 0.3) is 0 Å². The van der Waals surface area contributed by atoms with Crippen molar-refractivity contribution in [3.63, 3.8) is 0 Å². The standard InChI is InChI=1S/C20H25N.ClH/c1-17-10-8-9-15-21(17)20(19-13-6-3-7-14-19)16-18-11-4-2-5-12-18;/h2-7,11-14,17,20H,8-10,15-16H2,1H3;1H. The summed E-state index contributed by atoms with van der Waals surface area (Å²) in [5, 5.41) is 0. The predicted molar refractivity (Wildman–Crippen MR) is 96.6 cm³/mol. The number of hydrogen-bond acceptors (Lipinski definition) is 1. The third-order valence-corrected chi connectivity index (χ3v) is 4.71. The van der Waals surface area contributed by atoms with Crippen molar-refractivity contribution in [3.8, 4) is 0 Å². The fourth-order valence-electron chi connectivity index (χ4n) is 3.52. The van der Waals surface area contributed by atoms with Crippen molar-refractivity contribution >= 4 is 12.4 Å². The second-order valence-electron chi connectivity index (χ2n) is 6.20. The van der Waals surface area contributed by atoms with Gasteiger partial charge in [-0.15, -0.1) is 12.4 Å². The third kappa shape index (κ3) is 4.12. The summed E-state index contributed by atoms with van der Waals surface area (Å²) in [5.41, 5.74) is 2.89. The fraction of sp³-hybridized carbons (Fsp3) is 0.400. The van der Waals surface area contributed by atoms with Gasteiger partial charge in [-0.25, -0.2) is 0 Å². The number of hydrogen-bond donors (Lipinski definition) is 0. The molecule has 1 nitrogen and oxygen atoms in total. The van der Waals surface area contributed by atoms with E-state index in [1.807, 2.05) is 0 Å². The molecule has 2 aromatic carbocycles. The number of benzene rings is 2. The Balaban J connectivity index is 0.00000176. The highest BCUT2D eigenvalue weighted by Crippen LogP contribution is 2.31. The maximum atomic E-state index is 2.71. The molecule has 22 heavy (non-hydrogen) atoms. The summed E-state index contributed by atoms with van der Waals surface area (Å²) in [5.74, 6) is 0. The Hall–Kier alpha value is -1.31. The van der Waals surface area contributed by atoms with Crippen molar-refractivity contribution in [2.24, 2.45) is 0 Å². The van der Waals surface area contributed by atoms with Gasteiger partial charge in [0, 0.05) is 12.1 Å². The van der Waals surface area contributed by atoms with Crippen LogP contribution >= 0.6 is 12.4 Å². The normalized spacial score (nSPS) is 20.1. The zero-order valence-corrected chi connectivity index (χ0v) is 14.1. The summed E-state index contributed by atoms with van der Waals surface area (Å²) < 4.78 is 0. The second kappa shape index (κ2) is 8.36. The van der Waals surface area contributed by atoms with E-state index >= 15 is 0 Å². The molecule has 2 heteroatoms.